The Morgan fingerprint density at radius 2 is 1.88 bits per heavy atom. The lowest BCUT2D eigenvalue weighted by Gasteiger charge is -2.08. The van der Waals surface area contributed by atoms with Crippen LogP contribution in [-0.2, 0) is 4.79 Å². The summed E-state index contributed by atoms with van der Waals surface area (Å²) in [5.74, 6) is 0.355. The number of halogens is 3. The Morgan fingerprint density at radius 3 is 2.60 bits per heavy atom. The number of hydrogen-bond donors (Lipinski definition) is 1. The quantitative estimate of drug-likeness (QED) is 0.388. The number of amides is 1. The van der Waals surface area contributed by atoms with Gasteiger partial charge in [-0.15, -0.1) is 0 Å². The van der Waals surface area contributed by atoms with E-state index in [1.165, 1.54) is 0 Å². The molecule has 7 heteroatoms. The summed E-state index contributed by atoms with van der Waals surface area (Å²) in [6.07, 6.45) is 0.827. The molecule has 0 bridgehead atoms. The van der Waals surface area contributed by atoms with Crippen molar-refractivity contribution in [2.45, 2.75) is 19.8 Å². The van der Waals surface area contributed by atoms with Gasteiger partial charge in [0.15, 0.2) is 0 Å². The highest BCUT2D eigenvalue weighted by Crippen LogP contribution is 2.27. The monoisotopic (exact) mass is 398 g/mol. The van der Waals surface area contributed by atoms with Gasteiger partial charge in [-0.3, -0.25) is 4.79 Å². The molecule has 0 unspecified atom stereocenters. The molecule has 1 amide bonds. The van der Waals surface area contributed by atoms with Gasteiger partial charge in [0.05, 0.1) is 17.3 Å². The molecule has 2 aromatic carbocycles. The Bertz CT molecular complexity index is 779. The number of carbonyl (C=O) groups excluding carboxylic acids is 1. The first-order chi connectivity index (χ1) is 12.0. The molecular weight excluding hydrogens is 383 g/mol. The summed E-state index contributed by atoms with van der Waals surface area (Å²) in [6.45, 7) is 2.17. The van der Waals surface area contributed by atoms with E-state index in [4.69, 9.17) is 39.5 Å². The maximum Gasteiger partial charge on any atom is 0.240 e. The van der Waals surface area contributed by atoms with Crippen molar-refractivity contribution in [3.8, 4) is 5.75 Å². The average molecular weight is 400 g/mol. The molecule has 1 N–H and O–H groups in total. The SMILES string of the molecule is C/C(=N/NC(=O)CCCOc1ccc(Cl)cc1Cl)c1cccc(Cl)c1. The number of carbonyl (C=O) groups is 1. The molecule has 0 fully saturated rings. The zero-order valence-electron chi connectivity index (χ0n) is 13.6. The van der Waals surface area contributed by atoms with Crippen LogP contribution < -0.4 is 10.2 Å². The summed E-state index contributed by atoms with van der Waals surface area (Å²) in [5.41, 5.74) is 4.06. The molecule has 0 saturated carbocycles. The predicted molar refractivity (Wildman–Crippen MR) is 103 cm³/mol. The highest BCUT2D eigenvalue weighted by molar-refractivity contribution is 6.35. The van der Waals surface area contributed by atoms with E-state index in [-0.39, 0.29) is 12.3 Å². The van der Waals surface area contributed by atoms with Crippen LogP contribution in [0.15, 0.2) is 47.6 Å². The van der Waals surface area contributed by atoms with E-state index in [0.717, 1.165) is 5.56 Å². The lowest BCUT2D eigenvalue weighted by Crippen LogP contribution is -2.19. The highest BCUT2D eigenvalue weighted by Gasteiger charge is 2.05. The second-order valence-electron chi connectivity index (χ2n) is 5.27. The first-order valence-electron chi connectivity index (χ1n) is 7.62. The van der Waals surface area contributed by atoms with Gasteiger partial charge in [0.1, 0.15) is 5.75 Å². The third-order valence-electron chi connectivity index (χ3n) is 3.29. The van der Waals surface area contributed by atoms with Crippen LogP contribution in [-0.4, -0.2) is 18.2 Å². The number of nitrogens with one attached hydrogen (secondary N) is 1. The fraction of sp³-hybridized carbons (Fsp3) is 0.222. The Morgan fingerprint density at radius 1 is 1.12 bits per heavy atom. The number of benzene rings is 2. The van der Waals surface area contributed by atoms with E-state index in [2.05, 4.69) is 10.5 Å². The summed E-state index contributed by atoms with van der Waals surface area (Å²) in [4.78, 5) is 11.8. The van der Waals surface area contributed by atoms with Crippen molar-refractivity contribution in [3.63, 3.8) is 0 Å². The maximum absolute atomic E-state index is 11.8. The molecule has 0 aromatic heterocycles. The molecule has 0 saturated heterocycles. The van der Waals surface area contributed by atoms with Crippen molar-refractivity contribution in [2.75, 3.05) is 6.61 Å². The van der Waals surface area contributed by atoms with Crippen molar-refractivity contribution in [3.05, 3.63) is 63.1 Å². The lowest BCUT2D eigenvalue weighted by molar-refractivity contribution is -0.121. The number of hydrogen-bond acceptors (Lipinski definition) is 3. The Kier molecular flexibility index (Phi) is 7.56. The molecule has 0 aliphatic heterocycles. The van der Waals surface area contributed by atoms with Crippen LogP contribution in [0.25, 0.3) is 0 Å². The second kappa shape index (κ2) is 9.66. The Hall–Kier alpha value is -1.75. The molecule has 0 aliphatic carbocycles. The van der Waals surface area contributed by atoms with Crippen LogP contribution in [0, 0.1) is 0 Å². The number of hydrazone groups is 1. The van der Waals surface area contributed by atoms with E-state index in [9.17, 15) is 4.79 Å². The standard InChI is InChI=1S/C18H17Cl3N2O2/c1-12(13-4-2-5-14(19)10-13)22-23-18(24)6-3-9-25-17-8-7-15(20)11-16(17)21/h2,4-5,7-8,10-11H,3,6,9H2,1H3,(H,23,24)/b22-12-. The number of rotatable bonds is 7. The second-order valence-corrected chi connectivity index (χ2v) is 6.55. The van der Waals surface area contributed by atoms with Crippen LogP contribution in [0.4, 0.5) is 0 Å². The summed E-state index contributed by atoms with van der Waals surface area (Å²) in [7, 11) is 0. The van der Waals surface area contributed by atoms with Crippen LogP contribution in [0.5, 0.6) is 5.75 Å². The largest absolute Gasteiger partial charge is 0.492 e. The maximum atomic E-state index is 11.8. The van der Waals surface area contributed by atoms with Crippen molar-refractivity contribution < 1.29 is 9.53 Å². The molecule has 0 atom stereocenters. The van der Waals surface area contributed by atoms with Gasteiger partial charge in [-0.2, -0.15) is 5.10 Å². The van der Waals surface area contributed by atoms with E-state index >= 15 is 0 Å². The average Bonchev–Trinajstić information content (AvgIpc) is 2.58. The van der Waals surface area contributed by atoms with Crippen molar-refractivity contribution in [1.82, 2.24) is 5.43 Å². The first kappa shape index (κ1) is 19.6. The zero-order chi connectivity index (χ0) is 18.2. The number of ether oxygens (including phenoxy) is 1. The summed E-state index contributed by atoms with van der Waals surface area (Å²) >= 11 is 17.8. The van der Waals surface area contributed by atoms with E-state index in [0.29, 0.717) is 39.6 Å². The van der Waals surface area contributed by atoms with Crippen LogP contribution in [0.2, 0.25) is 15.1 Å². The fourth-order valence-corrected chi connectivity index (χ4v) is 2.64. The minimum absolute atomic E-state index is 0.188. The molecule has 2 rings (SSSR count). The number of nitrogens with zero attached hydrogens (tertiary/aromatic N) is 1. The Balaban J connectivity index is 1.74. The fourth-order valence-electron chi connectivity index (χ4n) is 1.99. The molecule has 25 heavy (non-hydrogen) atoms. The normalized spacial score (nSPS) is 11.3. The minimum Gasteiger partial charge on any atom is -0.492 e. The molecule has 0 aliphatic rings. The molecule has 0 radical (unpaired) electrons. The molecule has 0 spiro atoms. The third kappa shape index (κ3) is 6.58. The molecule has 132 valence electrons. The van der Waals surface area contributed by atoms with Gasteiger partial charge in [0.25, 0.3) is 0 Å². The smallest absolute Gasteiger partial charge is 0.240 e. The van der Waals surface area contributed by atoms with Crippen LogP contribution in [0.1, 0.15) is 25.3 Å². The van der Waals surface area contributed by atoms with Gasteiger partial charge in [-0.05, 0) is 49.2 Å². The van der Waals surface area contributed by atoms with Gasteiger partial charge >= 0.3 is 0 Å². The summed E-state index contributed by atoms with van der Waals surface area (Å²) in [6, 6.07) is 12.3. The topological polar surface area (TPSA) is 50.7 Å². The predicted octanol–water partition coefficient (Wildman–Crippen LogP) is 5.35. The molecule has 0 heterocycles. The highest BCUT2D eigenvalue weighted by atomic mass is 35.5. The summed E-state index contributed by atoms with van der Waals surface area (Å²) in [5, 5.41) is 5.69. The van der Waals surface area contributed by atoms with Crippen LogP contribution in [0.3, 0.4) is 0 Å². The molecule has 4 nitrogen and oxygen atoms in total. The lowest BCUT2D eigenvalue weighted by atomic mass is 10.1. The van der Waals surface area contributed by atoms with Gasteiger partial charge in [-0.25, -0.2) is 5.43 Å². The van der Waals surface area contributed by atoms with Crippen molar-refractivity contribution in [2.24, 2.45) is 5.10 Å². The Labute approximate surface area is 161 Å². The van der Waals surface area contributed by atoms with E-state index in [1.54, 1.807) is 37.3 Å². The van der Waals surface area contributed by atoms with Gasteiger partial charge in [-0.1, -0.05) is 46.9 Å². The van der Waals surface area contributed by atoms with E-state index < -0.39 is 0 Å². The summed E-state index contributed by atoms with van der Waals surface area (Å²) < 4.78 is 5.53. The van der Waals surface area contributed by atoms with Crippen LogP contribution >= 0.6 is 34.8 Å². The molecular formula is C18H17Cl3N2O2. The zero-order valence-corrected chi connectivity index (χ0v) is 15.8. The van der Waals surface area contributed by atoms with Gasteiger partial charge in [0, 0.05) is 16.5 Å². The van der Waals surface area contributed by atoms with Gasteiger partial charge < -0.3 is 4.74 Å². The van der Waals surface area contributed by atoms with Crippen molar-refractivity contribution in [1.29, 1.82) is 0 Å². The van der Waals surface area contributed by atoms with Gasteiger partial charge in [0.2, 0.25) is 5.91 Å². The van der Waals surface area contributed by atoms with Crippen molar-refractivity contribution >= 4 is 46.4 Å². The third-order valence-corrected chi connectivity index (χ3v) is 4.06. The van der Waals surface area contributed by atoms with E-state index in [1.807, 2.05) is 12.1 Å². The molecule has 2 aromatic rings. The minimum atomic E-state index is -0.188. The first-order valence-corrected chi connectivity index (χ1v) is 8.76.